The number of aryl methyl sites for hydroxylation is 1. The predicted molar refractivity (Wildman–Crippen MR) is 104 cm³/mol. The summed E-state index contributed by atoms with van der Waals surface area (Å²) < 4.78 is 12.8. The molecular formula is C19H18N4O2S. The Hall–Kier alpha value is -3.06. The van der Waals surface area contributed by atoms with Gasteiger partial charge in [-0.2, -0.15) is 0 Å². The van der Waals surface area contributed by atoms with Crippen molar-refractivity contribution >= 4 is 23.0 Å². The molecular weight excluding hydrogens is 348 g/mol. The van der Waals surface area contributed by atoms with Crippen LogP contribution in [0.5, 0.6) is 11.5 Å². The van der Waals surface area contributed by atoms with Crippen molar-refractivity contribution in [2.75, 3.05) is 12.1 Å². The monoisotopic (exact) mass is 366 g/mol. The number of hydrogen-bond acceptors (Lipinski definition) is 4. The number of benzene rings is 2. The van der Waals surface area contributed by atoms with Gasteiger partial charge in [0.15, 0.2) is 16.6 Å². The second-order valence-corrected chi connectivity index (χ2v) is 6.26. The molecule has 26 heavy (non-hydrogen) atoms. The molecule has 0 saturated carbocycles. The first kappa shape index (κ1) is 16.4. The molecule has 0 saturated heterocycles. The zero-order valence-corrected chi connectivity index (χ0v) is 15.0. The molecule has 0 spiro atoms. The molecule has 3 aromatic rings. The van der Waals surface area contributed by atoms with Crippen LogP contribution >= 0.6 is 12.2 Å². The van der Waals surface area contributed by atoms with Crippen LogP contribution in [0.2, 0.25) is 0 Å². The second kappa shape index (κ2) is 7.05. The lowest BCUT2D eigenvalue weighted by Crippen LogP contribution is -2.28. The minimum absolute atomic E-state index is 0.256. The fraction of sp³-hybridized carbons (Fsp3) is 0.158. The number of fused-ring (bicyclic) bond motifs is 1. The highest BCUT2D eigenvalue weighted by molar-refractivity contribution is 7.80. The standard InChI is InChI=1S/C19H18N4O2S/c1-13-20-8-9-23(13)16-5-3-2-4-14(16)11-21-19(26)22-15-6-7-17-18(10-15)25-12-24-17/h2-10H,11-12H2,1H3,(H2,21,22,26). The minimum atomic E-state index is 0.256. The van der Waals surface area contributed by atoms with Crippen molar-refractivity contribution in [3.8, 4) is 17.2 Å². The Labute approximate surface area is 156 Å². The Balaban J connectivity index is 1.43. The molecule has 0 atom stereocenters. The Kier molecular flexibility index (Phi) is 4.45. The molecule has 0 amide bonds. The van der Waals surface area contributed by atoms with E-state index in [0.717, 1.165) is 34.3 Å². The molecule has 0 unspecified atom stereocenters. The first-order chi connectivity index (χ1) is 12.7. The molecule has 1 aliphatic heterocycles. The highest BCUT2D eigenvalue weighted by Gasteiger charge is 2.13. The van der Waals surface area contributed by atoms with Crippen molar-refractivity contribution in [2.45, 2.75) is 13.5 Å². The molecule has 2 heterocycles. The van der Waals surface area contributed by atoms with Crippen molar-refractivity contribution in [2.24, 2.45) is 0 Å². The van der Waals surface area contributed by atoms with Gasteiger partial charge in [0.25, 0.3) is 0 Å². The number of ether oxygens (including phenoxy) is 2. The lowest BCUT2D eigenvalue weighted by molar-refractivity contribution is 0.174. The van der Waals surface area contributed by atoms with Crippen molar-refractivity contribution in [3.63, 3.8) is 0 Å². The van der Waals surface area contributed by atoms with Gasteiger partial charge in [0.05, 0.1) is 5.69 Å². The summed E-state index contributed by atoms with van der Waals surface area (Å²) in [5, 5.41) is 6.97. The smallest absolute Gasteiger partial charge is 0.231 e. The number of para-hydroxylation sites is 1. The van der Waals surface area contributed by atoms with Crippen LogP contribution in [-0.4, -0.2) is 21.5 Å². The van der Waals surface area contributed by atoms with E-state index in [1.807, 2.05) is 43.5 Å². The summed E-state index contributed by atoms with van der Waals surface area (Å²) >= 11 is 5.42. The van der Waals surface area contributed by atoms with E-state index in [1.54, 1.807) is 6.20 Å². The number of thiocarbonyl (C=S) groups is 1. The van der Waals surface area contributed by atoms with Gasteiger partial charge in [-0.1, -0.05) is 18.2 Å². The summed E-state index contributed by atoms with van der Waals surface area (Å²) in [6, 6.07) is 13.8. The van der Waals surface area contributed by atoms with Crippen LogP contribution in [0.25, 0.3) is 5.69 Å². The maximum absolute atomic E-state index is 5.42. The lowest BCUT2D eigenvalue weighted by atomic mass is 10.1. The van der Waals surface area contributed by atoms with Gasteiger partial charge >= 0.3 is 0 Å². The van der Waals surface area contributed by atoms with E-state index in [-0.39, 0.29) is 6.79 Å². The number of nitrogens with zero attached hydrogens (tertiary/aromatic N) is 2. The number of aromatic nitrogens is 2. The molecule has 2 aromatic carbocycles. The normalized spacial score (nSPS) is 12.0. The lowest BCUT2D eigenvalue weighted by Gasteiger charge is -2.14. The fourth-order valence-electron chi connectivity index (χ4n) is 2.85. The summed E-state index contributed by atoms with van der Waals surface area (Å²) in [6.45, 7) is 2.84. The van der Waals surface area contributed by atoms with Crippen LogP contribution < -0.4 is 20.1 Å². The van der Waals surface area contributed by atoms with Gasteiger partial charge in [0.1, 0.15) is 5.82 Å². The SMILES string of the molecule is Cc1nccn1-c1ccccc1CNC(=S)Nc1ccc2c(c1)OCO2. The van der Waals surface area contributed by atoms with Gasteiger partial charge < -0.3 is 24.7 Å². The van der Waals surface area contributed by atoms with Crippen LogP contribution in [-0.2, 0) is 6.54 Å². The second-order valence-electron chi connectivity index (χ2n) is 5.85. The van der Waals surface area contributed by atoms with Gasteiger partial charge in [-0.05, 0) is 42.9 Å². The summed E-state index contributed by atoms with van der Waals surface area (Å²) in [5.74, 6) is 2.41. The zero-order valence-electron chi connectivity index (χ0n) is 14.2. The van der Waals surface area contributed by atoms with E-state index in [0.29, 0.717) is 11.7 Å². The van der Waals surface area contributed by atoms with E-state index in [1.165, 1.54) is 0 Å². The van der Waals surface area contributed by atoms with Gasteiger partial charge in [-0.3, -0.25) is 0 Å². The summed E-state index contributed by atoms with van der Waals surface area (Å²) in [6.07, 6.45) is 3.75. The number of imidazole rings is 1. The van der Waals surface area contributed by atoms with E-state index in [2.05, 4.69) is 32.3 Å². The van der Waals surface area contributed by atoms with Crippen molar-refractivity contribution < 1.29 is 9.47 Å². The molecule has 132 valence electrons. The quantitative estimate of drug-likeness (QED) is 0.690. The van der Waals surface area contributed by atoms with Crippen molar-refractivity contribution in [1.82, 2.24) is 14.9 Å². The van der Waals surface area contributed by atoms with Crippen LogP contribution in [0, 0.1) is 6.92 Å². The molecule has 6 nitrogen and oxygen atoms in total. The Morgan fingerprint density at radius 3 is 2.88 bits per heavy atom. The molecule has 0 aliphatic carbocycles. The Morgan fingerprint density at radius 1 is 1.19 bits per heavy atom. The van der Waals surface area contributed by atoms with Gasteiger partial charge in [-0.25, -0.2) is 4.98 Å². The summed E-state index contributed by atoms with van der Waals surface area (Å²) in [4.78, 5) is 4.30. The Bertz CT molecular complexity index is 954. The van der Waals surface area contributed by atoms with E-state index >= 15 is 0 Å². The highest BCUT2D eigenvalue weighted by atomic mass is 32.1. The third-order valence-electron chi connectivity index (χ3n) is 4.15. The molecule has 0 fully saturated rings. The molecule has 7 heteroatoms. The summed E-state index contributed by atoms with van der Waals surface area (Å²) in [5.41, 5.74) is 3.06. The first-order valence-electron chi connectivity index (χ1n) is 8.23. The number of rotatable bonds is 4. The zero-order chi connectivity index (χ0) is 17.9. The fourth-order valence-corrected chi connectivity index (χ4v) is 3.04. The van der Waals surface area contributed by atoms with Crippen LogP contribution in [0.1, 0.15) is 11.4 Å². The third-order valence-corrected chi connectivity index (χ3v) is 4.39. The topological polar surface area (TPSA) is 60.3 Å². The highest BCUT2D eigenvalue weighted by Crippen LogP contribution is 2.34. The molecule has 1 aromatic heterocycles. The van der Waals surface area contributed by atoms with E-state index in [9.17, 15) is 0 Å². The molecule has 2 N–H and O–H groups in total. The van der Waals surface area contributed by atoms with Crippen molar-refractivity contribution in [3.05, 3.63) is 66.2 Å². The third kappa shape index (κ3) is 3.34. The van der Waals surface area contributed by atoms with Crippen LogP contribution in [0.4, 0.5) is 5.69 Å². The van der Waals surface area contributed by atoms with E-state index < -0.39 is 0 Å². The number of nitrogens with one attached hydrogen (secondary N) is 2. The predicted octanol–water partition coefficient (Wildman–Crippen LogP) is 3.40. The average molecular weight is 366 g/mol. The van der Waals surface area contributed by atoms with Crippen LogP contribution in [0.3, 0.4) is 0 Å². The largest absolute Gasteiger partial charge is 0.454 e. The average Bonchev–Trinajstić information content (AvgIpc) is 3.28. The van der Waals surface area contributed by atoms with E-state index in [4.69, 9.17) is 21.7 Å². The molecule has 4 rings (SSSR count). The number of anilines is 1. The van der Waals surface area contributed by atoms with Gasteiger partial charge in [0, 0.05) is 30.7 Å². The molecule has 1 aliphatic rings. The van der Waals surface area contributed by atoms with Crippen molar-refractivity contribution in [1.29, 1.82) is 0 Å². The minimum Gasteiger partial charge on any atom is -0.454 e. The molecule has 0 radical (unpaired) electrons. The maximum Gasteiger partial charge on any atom is 0.231 e. The summed E-state index contributed by atoms with van der Waals surface area (Å²) in [7, 11) is 0. The maximum atomic E-state index is 5.42. The Morgan fingerprint density at radius 2 is 2.04 bits per heavy atom. The first-order valence-corrected chi connectivity index (χ1v) is 8.64. The van der Waals surface area contributed by atoms with Crippen LogP contribution in [0.15, 0.2) is 54.9 Å². The number of hydrogen-bond donors (Lipinski definition) is 2. The molecule has 0 bridgehead atoms. The van der Waals surface area contributed by atoms with Gasteiger partial charge in [-0.15, -0.1) is 0 Å². The van der Waals surface area contributed by atoms with Gasteiger partial charge in [0.2, 0.25) is 6.79 Å².